The number of imidazole rings is 1. The molecule has 1 atom stereocenters. The topological polar surface area (TPSA) is 79.3 Å². The SMILES string of the molecule is CCCCC=Cc1nc(C(=O)NC(C(=O)NC)C(C)(C)C)c2n1CCCN(C)C2. The van der Waals surface area contributed by atoms with Crippen LogP contribution in [0.15, 0.2) is 6.08 Å². The molecule has 1 aromatic heterocycles. The molecule has 2 rings (SSSR count). The van der Waals surface area contributed by atoms with Crippen LogP contribution in [-0.2, 0) is 17.9 Å². The van der Waals surface area contributed by atoms with Gasteiger partial charge in [0.15, 0.2) is 5.69 Å². The number of carbonyl (C=O) groups excluding carboxylic acids is 2. The van der Waals surface area contributed by atoms with Crippen molar-refractivity contribution >= 4 is 17.9 Å². The Bertz CT molecular complexity index is 745. The van der Waals surface area contributed by atoms with Crippen molar-refractivity contribution in [1.29, 1.82) is 0 Å². The van der Waals surface area contributed by atoms with E-state index in [1.807, 2.05) is 26.8 Å². The number of carbonyl (C=O) groups is 2. The van der Waals surface area contributed by atoms with Gasteiger partial charge in [-0.05, 0) is 37.9 Å². The summed E-state index contributed by atoms with van der Waals surface area (Å²) >= 11 is 0. The molecular formula is C22H37N5O2. The van der Waals surface area contributed by atoms with Crippen molar-refractivity contribution in [3.8, 4) is 0 Å². The number of aromatic nitrogens is 2. The first-order chi connectivity index (χ1) is 13.7. The van der Waals surface area contributed by atoms with Crippen LogP contribution in [-0.4, -0.2) is 52.9 Å². The van der Waals surface area contributed by atoms with E-state index in [-0.39, 0.29) is 11.8 Å². The number of amides is 2. The maximum Gasteiger partial charge on any atom is 0.272 e. The van der Waals surface area contributed by atoms with Crippen LogP contribution in [0, 0.1) is 5.41 Å². The zero-order valence-electron chi connectivity index (χ0n) is 18.8. The maximum atomic E-state index is 13.2. The van der Waals surface area contributed by atoms with Crippen LogP contribution in [0.2, 0.25) is 0 Å². The summed E-state index contributed by atoms with van der Waals surface area (Å²) in [6, 6.07) is -0.635. The van der Waals surface area contributed by atoms with Crippen LogP contribution in [0.3, 0.4) is 0 Å². The summed E-state index contributed by atoms with van der Waals surface area (Å²) in [6.45, 7) is 10.5. The highest BCUT2D eigenvalue weighted by atomic mass is 16.2. The van der Waals surface area contributed by atoms with Crippen LogP contribution >= 0.6 is 0 Å². The Morgan fingerprint density at radius 2 is 2.00 bits per heavy atom. The highest BCUT2D eigenvalue weighted by Gasteiger charge is 2.34. The number of nitrogens with one attached hydrogen (secondary N) is 2. The average Bonchev–Trinajstić information content (AvgIpc) is 2.86. The van der Waals surface area contributed by atoms with Gasteiger partial charge in [0.1, 0.15) is 11.9 Å². The van der Waals surface area contributed by atoms with Crippen molar-refractivity contribution in [3.05, 3.63) is 23.3 Å². The van der Waals surface area contributed by atoms with Gasteiger partial charge in [-0.3, -0.25) is 9.59 Å². The first-order valence-corrected chi connectivity index (χ1v) is 10.7. The van der Waals surface area contributed by atoms with E-state index in [9.17, 15) is 9.59 Å². The highest BCUT2D eigenvalue weighted by Crippen LogP contribution is 2.23. The Kier molecular flexibility index (Phi) is 8.02. The third-order valence-electron chi connectivity index (χ3n) is 5.30. The number of rotatable bonds is 7. The van der Waals surface area contributed by atoms with Crippen molar-refractivity contribution < 1.29 is 9.59 Å². The molecule has 1 aromatic rings. The van der Waals surface area contributed by atoms with E-state index in [0.29, 0.717) is 12.2 Å². The van der Waals surface area contributed by atoms with Crippen LogP contribution in [0.5, 0.6) is 0 Å². The molecule has 0 fully saturated rings. The fourth-order valence-corrected chi connectivity index (χ4v) is 3.59. The van der Waals surface area contributed by atoms with E-state index in [4.69, 9.17) is 4.98 Å². The fraction of sp³-hybridized carbons (Fsp3) is 0.682. The predicted octanol–water partition coefficient (Wildman–Crippen LogP) is 2.81. The molecule has 1 aliphatic heterocycles. The molecule has 0 bridgehead atoms. The summed E-state index contributed by atoms with van der Waals surface area (Å²) in [5.41, 5.74) is 0.931. The van der Waals surface area contributed by atoms with Crippen molar-refractivity contribution in [2.24, 2.45) is 5.41 Å². The molecule has 2 heterocycles. The lowest BCUT2D eigenvalue weighted by Gasteiger charge is -2.29. The molecule has 0 spiro atoms. The minimum Gasteiger partial charge on any atom is -0.357 e. The predicted molar refractivity (Wildman–Crippen MR) is 117 cm³/mol. The zero-order chi connectivity index (χ0) is 21.6. The molecule has 7 heteroatoms. The lowest BCUT2D eigenvalue weighted by molar-refractivity contribution is -0.124. The van der Waals surface area contributed by atoms with E-state index in [0.717, 1.165) is 50.3 Å². The quantitative estimate of drug-likeness (QED) is 0.686. The smallest absolute Gasteiger partial charge is 0.272 e. The third-order valence-corrected chi connectivity index (χ3v) is 5.30. The van der Waals surface area contributed by atoms with Gasteiger partial charge in [-0.2, -0.15) is 0 Å². The van der Waals surface area contributed by atoms with Gasteiger partial charge in [0, 0.05) is 20.1 Å². The molecule has 29 heavy (non-hydrogen) atoms. The average molecular weight is 404 g/mol. The van der Waals surface area contributed by atoms with Gasteiger partial charge in [0.05, 0.1) is 5.69 Å². The molecule has 0 aliphatic carbocycles. The number of nitrogens with zero attached hydrogens (tertiary/aromatic N) is 3. The lowest BCUT2D eigenvalue weighted by Crippen LogP contribution is -2.53. The van der Waals surface area contributed by atoms with Gasteiger partial charge in [0.25, 0.3) is 5.91 Å². The molecule has 0 radical (unpaired) electrons. The van der Waals surface area contributed by atoms with Crippen molar-refractivity contribution in [3.63, 3.8) is 0 Å². The number of unbranched alkanes of at least 4 members (excludes halogenated alkanes) is 2. The number of hydrogen-bond donors (Lipinski definition) is 2. The summed E-state index contributed by atoms with van der Waals surface area (Å²) in [6.07, 6.45) is 8.47. The largest absolute Gasteiger partial charge is 0.357 e. The molecule has 7 nitrogen and oxygen atoms in total. The van der Waals surface area contributed by atoms with E-state index >= 15 is 0 Å². The Morgan fingerprint density at radius 1 is 1.28 bits per heavy atom. The molecule has 0 aromatic carbocycles. The van der Waals surface area contributed by atoms with Crippen molar-refractivity contribution in [1.82, 2.24) is 25.1 Å². The second-order valence-electron chi connectivity index (χ2n) is 8.94. The van der Waals surface area contributed by atoms with Crippen LogP contribution < -0.4 is 10.6 Å². The van der Waals surface area contributed by atoms with Crippen molar-refractivity contribution in [2.75, 3.05) is 20.6 Å². The summed E-state index contributed by atoms with van der Waals surface area (Å²) in [4.78, 5) is 32.5. The lowest BCUT2D eigenvalue weighted by atomic mass is 9.86. The number of likely N-dealkylation sites (N-methyl/N-ethyl adjacent to an activating group) is 1. The van der Waals surface area contributed by atoms with E-state index in [2.05, 4.69) is 40.1 Å². The first kappa shape index (κ1) is 23.1. The van der Waals surface area contributed by atoms with Gasteiger partial charge in [-0.15, -0.1) is 0 Å². The molecular weight excluding hydrogens is 366 g/mol. The summed E-state index contributed by atoms with van der Waals surface area (Å²) in [5, 5.41) is 5.58. The van der Waals surface area contributed by atoms with Gasteiger partial charge >= 0.3 is 0 Å². The zero-order valence-corrected chi connectivity index (χ0v) is 18.8. The monoisotopic (exact) mass is 403 g/mol. The van der Waals surface area contributed by atoms with Gasteiger partial charge in [-0.1, -0.05) is 46.6 Å². The molecule has 0 saturated carbocycles. The van der Waals surface area contributed by atoms with Crippen LogP contribution in [0.4, 0.5) is 0 Å². The molecule has 2 N–H and O–H groups in total. The van der Waals surface area contributed by atoms with Gasteiger partial charge in [-0.25, -0.2) is 4.98 Å². The molecule has 1 unspecified atom stereocenters. The normalized spacial score (nSPS) is 16.3. The van der Waals surface area contributed by atoms with E-state index in [1.165, 1.54) is 0 Å². The molecule has 162 valence electrons. The van der Waals surface area contributed by atoms with Crippen LogP contribution in [0.25, 0.3) is 6.08 Å². The first-order valence-electron chi connectivity index (χ1n) is 10.7. The number of fused-ring (bicyclic) bond motifs is 1. The second kappa shape index (κ2) is 10.1. The Morgan fingerprint density at radius 3 is 2.62 bits per heavy atom. The summed E-state index contributed by atoms with van der Waals surface area (Å²) in [7, 11) is 3.65. The maximum absolute atomic E-state index is 13.2. The second-order valence-corrected chi connectivity index (χ2v) is 8.94. The highest BCUT2D eigenvalue weighted by molar-refractivity contribution is 5.97. The van der Waals surface area contributed by atoms with E-state index in [1.54, 1.807) is 7.05 Å². The minimum atomic E-state index is -0.635. The molecule has 1 aliphatic rings. The summed E-state index contributed by atoms with van der Waals surface area (Å²) < 4.78 is 2.16. The Labute approximate surface area is 174 Å². The molecule has 0 saturated heterocycles. The third kappa shape index (κ3) is 5.92. The number of allylic oxidation sites excluding steroid dienone is 1. The Hall–Kier alpha value is -2.15. The van der Waals surface area contributed by atoms with E-state index < -0.39 is 11.5 Å². The van der Waals surface area contributed by atoms with Crippen molar-refractivity contribution in [2.45, 2.75) is 72.5 Å². The van der Waals surface area contributed by atoms with Gasteiger partial charge in [0.2, 0.25) is 5.91 Å². The fourth-order valence-electron chi connectivity index (χ4n) is 3.59. The van der Waals surface area contributed by atoms with Crippen LogP contribution in [0.1, 0.15) is 75.4 Å². The standard InChI is InChI=1S/C22H37N5O2/c1-7-8-9-10-12-17-24-18(16-15-26(6)13-11-14-27(16)17)20(28)25-19(21(29)23-5)22(2,3)4/h10,12,19H,7-9,11,13-15H2,1-6H3,(H,23,29)(H,25,28). The minimum absolute atomic E-state index is 0.201. The summed E-state index contributed by atoms with van der Waals surface area (Å²) in [5.74, 6) is 0.331. The number of hydrogen-bond acceptors (Lipinski definition) is 4. The van der Waals surface area contributed by atoms with Gasteiger partial charge < -0.3 is 20.1 Å². The Balaban J connectivity index is 2.37. The molecule has 2 amide bonds.